The van der Waals surface area contributed by atoms with E-state index >= 15 is 0 Å². The first-order valence-electron chi connectivity index (χ1n) is 5.79. The zero-order chi connectivity index (χ0) is 10.4. The van der Waals surface area contributed by atoms with Crippen LogP contribution in [0.2, 0.25) is 0 Å². The van der Waals surface area contributed by atoms with Gasteiger partial charge < -0.3 is 0 Å². The molecule has 1 aliphatic carbocycles. The van der Waals surface area contributed by atoms with Crippen molar-refractivity contribution < 1.29 is 4.79 Å². The van der Waals surface area contributed by atoms with E-state index in [1.54, 1.807) is 0 Å². The fourth-order valence-corrected chi connectivity index (χ4v) is 2.32. The van der Waals surface area contributed by atoms with Crippen LogP contribution in [0.1, 0.15) is 58.3 Å². The Morgan fingerprint density at radius 1 is 1.43 bits per heavy atom. The first-order chi connectivity index (χ1) is 6.66. The molecule has 0 aliphatic heterocycles. The van der Waals surface area contributed by atoms with Gasteiger partial charge >= 0.3 is 0 Å². The van der Waals surface area contributed by atoms with Gasteiger partial charge in [-0.05, 0) is 31.1 Å². The van der Waals surface area contributed by atoms with E-state index in [1.807, 2.05) is 6.08 Å². The molecule has 80 valence electrons. The summed E-state index contributed by atoms with van der Waals surface area (Å²) in [4.78, 5) is 11.2. The lowest BCUT2D eigenvalue weighted by atomic mass is 9.83. The molecule has 1 fully saturated rings. The summed E-state index contributed by atoms with van der Waals surface area (Å²) in [5, 5.41) is 0. The van der Waals surface area contributed by atoms with Crippen LogP contribution in [0.5, 0.6) is 0 Å². The van der Waals surface area contributed by atoms with E-state index in [9.17, 15) is 4.79 Å². The van der Waals surface area contributed by atoms with Crippen LogP contribution in [-0.4, -0.2) is 5.78 Å². The SMILES string of the molecule is C=CCCCCCC1(C)CCC(=O)C1. The van der Waals surface area contributed by atoms with Crippen molar-refractivity contribution >= 4 is 5.78 Å². The summed E-state index contributed by atoms with van der Waals surface area (Å²) in [5.41, 5.74) is 0.339. The molecule has 1 aliphatic rings. The molecular formula is C13H22O. The first-order valence-corrected chi connectivity index (χ1v) is 5.79. The van der Waals surface area contributed by atoms with Gasteiger partial charge in [0, 0.05) is 12.8 Å². The van der Waals surface area contributed by atoms with Gasteiger partial charge in [0.1, 0.15) is 5.78 Å². The topological polar surface area (TPSA) is 17.1 Å². The lowest BCUT2D eigenvalue weighted by Crippen LogP contribution is -2.11. The minimum absolute atomic E-state index is 0.339. The summed E-state index contributed by atoms with van der Waals surface area (Å²) in [5.74, 6) is 0.471. The average molecular weight is 194 g/mol. The molecule has 1 heteroatoms. The second-order valence-corrected chi connectivity index (χ2v) is 4.91. The number of allylic oxidation sites excluding steroid dienone is 1. The van der Waals surface area contributed by atoms with Crippen molar-refractivity contribution in [1.82, 2.24) is 0 Å². The van der Waals surface area contributed by atoms with Crippen molar-refractivity contribution in [1.29, 1.82) is 0 Å². The van der Waals surface area contributed by atoms with Crippen LogP contribution in [0.15, 0.2) is 12.7 Å². The highest BCUT2D eigenvalue weighted by Crippen LogP contribution is 2.39. The quantitative estimate of drug-likeness (QED) is 0.463. The first kappa shape index (κ1) is 11.5. The van der Waals surface area contributed by atoms with Crippen LogP contribution < -0.4 is 0 Å². The van der Waals surface area contributed by atoms with Crippen molar-refractivity contribution in [2.45, 2.75) is 58.3 Å². The average Bonchev–Trinajstić information content (AvgIpc) is 2.47. The molecule has 0 aromatic carbocycles. The molecule has 0 N–H and O–H groups in total. The Bertz CT molecular complexity index is 207. The fourth-order valence-electron chi connectivity index (χ4n) is 2.32. The Morgan fingerprint density at radius 3 is 2.79 bits per heavy atom. The van der Waals surface area contributed by atoms with Gasteiger partial charge in [-0.25, -0.2) is 0 Å². The van der Waals surface area contributed by atoms with Crippen molar-refractivity contribution in [3.63, 3.8) is 0 Å². The Kier molecular flexibility index (Phi) is 4.37. The minimum atomic E-state index is 0.339. The molecule has 0 radical (unpaired) electrons. The van der Waals surface area contributed by atoms with E-state index in [0.717, 1.165) is 25.7 Å². The Morgan fingerprint density at radius 2 is 2.21 bits per heavy atom. The molecule has 0 saturated heterocycles. The lowest BCUT2D eigenvalue weighted by Gasteiger charge is -2.21. The third kappa shape index (κ3) is 3.65. The summed E-state index contributed by atoms with van der Waals surface area (Å²) in [7, 11) is 0. The van der Waals surface area contributed by atoms with Crippen LogP contribution in [0, 0.1) is 5.41 Å². The molecule has 0 aromatic rings. The second-order valence-electron chi connectivity index (χ2n) is 4.91. The number of unbranched alkanes of at least 4 members (excludes halogenated alkanes) is 3. The van der Waals surface area contributed by atoms with Crippen LogP contribution in [0.3, 0.4) is 0 Å². The molecule has 1 rings (SSSR count). The van der Waals surface area contributed by atoms with Crippen LogP contribution in [-0.2, 0) is 4.79 Å². The summed E-state index contributed by atoms with van der Waals surface area (Å²) in [6, 6.07) is 0. The van der Waals surface area contributed by atoms with E-state index in [-0.39, 0.29) is 0 Å². The van der Waals surface area contributed by atoms with Crippen LogP contribution >= 0.6 is 0 Å². The molecule has 0 aromatic heterocycles. The van der Waals surface area contributed by atoms with Crippen molar-refractivity contribution in [3.05, 3.63) is 12.7 Å². The van der Waals surface area contributed by atoms with E-state index in [0.29, 0.717) is 11.2 Å². The number of carbonyl (C=O) groups is 1. The maximum absolute atomic E-state index is 11.2. The Labute approximate surface area is 87.6 Å². The van der Waals surface area contributed by atoms with Gasteiger partial charge in [0.2, 0.25) is 0 Å². The van der Waals surface area contributed by atoms with Gasteiger partial charge in [-0.1, -0.05) is 25.8 Å². The van der Waals surface area contributed by atoms with E-state index < -0.39 is 0 Å². The summed E-state index contributed by atoms with van der Waals surface area (Å²) in [6.45, 7) is 5.98. The lowest BCUT2D eigenvalue weighted by molar-refractivity contribution is -0.118. The smallest absolute Gasteiger partial charge is 0.133 e. The van der Waals surface area contributed by atoms with Gasteiger partial charge in [-0.3, -0.25) is 4.79 Å². The molecule has 0 amide bonds. The van der Waals surface area contributed by atoms with Crippen LogP contribution in [0.25, 0.3) is 0 Å². The van der Waals surface area contributed by atoms with Gasteiger partial charge in [0.15, 0.2) is 0 Å². The summed E-state index contributed by atoms with van der Waals surface area (Å²) < 4.78 is 0. The van der Waals surface area contributed by atoms with Gasteiger partial charge in [-0.2, -0.15) is 0 Å². The minimum Gasteiger partial charge on any atom is -0.300 e. The highest BCUT2D eigenvalue weighted by Gasteiger charge is 2.32. The number of Topliss-reactive ketones (excluding diaryl/α,β-unsaturated/α-hetero) is 1. The van der Waals surface area contributed by atoms with E-state index in [1.165, 1.54) is 25.7 Å². The third-order valence-electron chi connectivity index (χ3n) is 3.32. The van der Waals surface area contributed by atoms with Crippen molar-refractivity contribution in [2.24, 2.45) is 5.41 Å². The van der Waals surface area contributed by atoms with Gasteiger partial charge in [-0.15, -0.1) is 6.58 Å². The van der Waals surface area contributed by atoms with E-state index in [2.05, 4.69) is 13.5 Å². The molecule has 14 heavy (non-hydrogen) atoms. The van der Waals surface area contributed by atoms with Crippen LogP contribution in [0.4, 0.5) is 0 Å². The zero-order valence-electron chi connectivity index (χ0n) is 9.35. The molecule has 1 atom stereocenters. The third-order valence-corrected chi connectivity index (χ3v) is 3.32. The number of hydrogen-bond acceptors (Lipinski definition) is 1. The normalized spacial score (nSPS) is 26.8. The highest BCUT2D eigenvalue weighted by atomic mass is 16.1. The highest BCUT2D eigenvalue weighted by molar-refractivity contribution is 5.81. The molecule has 1 saturated carbocycles. The van der Waals surface area contributed by atoms with Gasteiger partial charge in [0.05, 0.1) is 0 Å². The molecule has 0 heterocycles. The number of hydrogen-bond donors (Lipinski definition) is 0. The standard InChI is InChI=1S/C13H22O/c1-3-4-5-6-7-9-13(2)10-8-12(14)11-13/h3H,1,4-11H2,2H3. The van der Waals surface area contributed by atoms with Crippen molar-refractivity contribution in [3.8, 4) is 0 Å². The monoisotopic (exact) mass is 194 g/mol. The molecule has 0 bridgehead atoms. The molecular weight excluding hydrogens is 172 g/mol. The fraction of sp³-hybridized carbons (Fsp3) is 0.769. The predicted molar refractivity (Wildman–Crippen MR) is 60.2 cm³/mol. The number of ketones is 1. The van der Waals surface area contributed by atoms with Gasteiger partial charge in [0.25, 0.3) is 0 Å². The number of rotatable bonds is 6. The Balaban J connectivity index is 2.11. The molecule has 0 spiro atoms. The summed E-state index contributed by atoms with van der Waals surface area (Å²) >= 11 is 0. The Hall–Kier alpha value is -0.590. The maximum Gasteiger partial charge on any atom is 0.133 e. The zero-order valence-corrected chi connectivity index (χ0v) is 9.35. The largest absolute Gasteiger partial charge is 0.300 e. The molecule has 1 nitrogen and oxygen atoms in total. The van der Waals surface area contributed by atoms with Crippen molar-refractivity contribution in [2.75, 3.05) is 0 Å². The summed E-state index contributed by atoms with van der Waals surface area (Å²) in [6.07, 6.45) is 10.9. The second kappa shape index (κ2) is 5.33. The van der Waals surface area contributed by atoms with E-state index in [4.69, 9.17) is 0 Å². The number of carbonyl (C=O) groups excluding carboxylic acids is 1. The maximum atomic E-state index is 11.2. The molecule has 1 unspecified atom stereocenters. The predicted octanol–water partition coefficient (Wildman–Crippen LogP) is 3.88.